The van der Waals surface area contributed by atoms with Crippen LogP contribution in [-0.2, 0) is 14.3 Å². The van der Waals surface area contributed by atoms with Gasteiger partial charge in [-0.1, -0.05) is 24.3 Å². The van der Waals surface area contributed by atoms with Crippen LogP contribution in [0.15, 0.2) is 53.6 Å². The predicted molar refractivity (Wildman–Crippen MR) is 115 cm³/mol. The first-order valence-electron chi connectivity index (χ1n) is 9.84. The van der Waals surface area contributed by atoms with E-state index in [9.17, 15) is 14.4 Å². The van der Waals surface area contributed by atoms with E-state index in [1.807, 2.05) is 18.7 Å². The first kappa shape index (κ1) is 22.2. The molecule has 2 aromatic rings. The highest BCUT2D eigenvalue weighted by atomic mass is 16.5. The number of hydrazone groups is 1. The van der Waals surface area contributed by atoms with Crippen LogP contribution in [0.1, 0.15) is 51.9 Å². The Bertz CT molecular complexity index is 983. The molecule has 1 amide bonds. The van der Waals surface area contributed by atoms with Crippen LogP contribution in [0.4, 0.5) is 0 Å². The van der Waals surface area contributed by atoms with Crippen molar-refractivity contribution in [2.45, 2.75) is 26.1 Å². The van der Waals surface area contributed by atoms with Crippen LogP contribution in [0.5, 0.6) is 0 Å². The van der Waals surface area contributed by atoms with Gasteiger partial charge in [-0.3, -0.25) is 9.69 Å². The maximum absolute atomic E-state index is 12.7. The molecule has 0 aromatic heterocycles. The summed E-state index contributed by atoms with van der Waals surface area (Å²) < 4.78 is 9.45. The minimum Gasteiger partial charge on any atom is -0.465 e. The summed E-state index contributed by atoms with van der Waals surface area (Å²) in [6, 6.07) is 13.8. The molecule has 1 heterocycles. The first-order valence-corrected chi connectivity index (χ1v) is 9.84. The number of hydrogen-bond donors (Lipinski definition) is 0. The Hall–Kier alpha value is -3.52. The molecule has 162 valence electrons. The lowest BCUT2D eigenvalue weighted by Crippen LogP contribution is -2.33. The van der Waals surface area contributed by atoms with E-state index < -0.39 is 18.1 Å². The van der Waals surface area contributed by atoms with Crippen molar-refractivity contribution in [2.24, 2.45) is 5.10 Å². The van der Waals surface area contributed by atoms with E-state index >= 15 is 0 Å². The van der Waals surface area contributed by atoms with E-state index in [4.69, 9.17) is 9.47 Å². The summed E-state index contributed by atoms with van der Waals surface area (Å²) in [6.45, 7) is 4.27. The van der Waals surface area contributed by atoms with Gasteiger partial charge in [0.05, 0.1) is 38.1 Å². The summed E-state index contributed by atoms with van der Waals surface area (Å²) in [6.07, 6.45) is 1.18. The van der Waals surface area contributed by atoms with Gasteiger partial charge >= 0.3 is 11.9 Å². The lowest BCUT2D eigenvalue weighted by atomic mass is 10.1. The number of ether oxygens (including phenoxy) is 2. The average molecular weight is 423 g/mol. The molecule has 0 bridgehead atoms. The summed E-state index contributed by atoms with van der Waals surface area (Å²) in [4.78, 5) is 38.1. The first-order chi connectivity index (χ1) is 14.8. The van der Waals surface area contributed by atoms with Gasteiger partial charge in [-0.25, -0.2) is 14.6 Å². The summed E-state index contributed by atoms with van der Waals surface area (Å²) in [5.41, 5.74) is 2.45. The maximum atomic E-state index is 12.7. The number of carbonyl (C=O) groups is 3. The van der Waals surface area contributed by atoms with Crippen LogP contribution >= 0.6 is 0 Å². The molecular weight excluding hydrogens is 398 g/mol. The van der Waals surface area contributed by atoms with Crippen molar-refractivity contribution in [1.82, 2.24) is 9.91 Å². The smallest absolute Gasteiger partial charge is 0.337 e. The number of amides is 1. The van der Waals surface area contributed by atoms with E-state index in [-0.39, 0.29) is 18.5 Å². The van der Waals surface area contributed by atoms with Gasteiger partial charge in [0.1, 0.15) is 6.17 Å². The van der Waals surface area contributed by atoms with Crippen molar-refractivity contribution in [1.29, 1.82) is 0 Å². The summed E-state index contributed by atoms with van der Waals surface area (Å²) in [7, 11) is 2.66. The van der Waals surface area contributed by atoms with Crippen LogP contribution in [0.25, 0.3) is 0 Å². The third kappa shape index (κ3) is 4.80. The van der Waals surface area contributed by atoms with Gasteiger partial charge in [0, 0.05) is 6.04 Å². The molecule has 2 aromatic carbocycles. The Morgan fingerprint density at radius 2 is 1.48 bits per heavy atom. The molecule has 31 heavy (non-hydrogen) atoms. The largest absolute Gasteiger partial charge is 0.465 e. The number of methoxy groups -OCH3 is 2. The third-order valence-electron chi connectivity index (χ3n) is 5.08. The second-order valence-electron chi connectivity index (χ2n) is 7.35. The monoisotopic (exact) mass is 423 g/mol. The Morgan fingerprint density at radius 1 is 0.968 bits per heavy atom. The van der Waals surface area contributed by atoms with Crippen molar-refractivity contribution in [2.75, 3.05) is 20.8 Å². The normalized spacial score (nSPS) is 16.9. The van der Waals surface area contributed by atoms with Crippen LogP contribution in [0, 0.1) is 0 Å². The standard InChI is InChI=1S/C23H25N3O5/c1-15(2)25-14-20(27)26(21(25)17-9-11-19(12-10-17)23(29)31-4)24-13-16-5-7-18(8-6-16)22(28)30-3/h5-13,15,21H,14H2,1-4H3/b24-13-/t21-/m0/s1. The second kappa shape index (κ2) is 9.53. The SMILES string of the molecule is COC(=O)c1ccc(/C=N\N2C(=O)CN(C(C)C)[C@@H]2c2ccc(C(=O)OC)cc2)cc1. The van der Waals surface area contributed by atoms with Gasteiger partial charge < -0.3 is 9.47 Å². The number of benzene rings is 2. The molecule has 0 spiro atoms. The molecule has 8 heteroatoms. The predicted octanol–water partition coefficient (Wildman–Crippen LogP) is 2.85. The van der Waals surface area contributed by atoms with Crippen LogP contribution in [-0.4, -0.2) is 60.8 Å². The highest BCUT2D eigenvalue weighted by molar-refractivity contribution is 5.91. The molecule has 0 saturated carbocycles. The highest BCUT2D eigenvalue weighted by Gasteiger charge is 2.40. The topological polar surface area (TPSA) is 88.5 Å². The van der Waals surface area contributed by atoms with E-state index in [1.54, 1.807) is 54.7 Å². The lowest BCUT2D eigenvalue weighted by molar-refractivity contribution is -0.128. The van der Waals surface area contributed by atoms with E-state index in [2.05, 4.69) is 5.10 Å². The number of hydrogen-bond acceptors (Lipinski definition) is 7. The van der Waals surface area contributed by atoms with Gasteiger partial charge in [-0.2, -0.15) is 5.10 Å². The quantitative estimate of drug-likeness (QED) is 0.524. The van der Waals surface area contributed by atoms with Crippen LogP contribution in [0.2, 0.25) is 0 Å². The van der Waals surface area contributed by atoms with Crippen molar-refractivity contribution in [3.8, 4) is 0 Å². The Labute approximate surface area is 181 Å². The van der Waals surface area contributed by atoms with E-state index in [0.29, 0.717) is 11.1 Å². The van der Waals surface area contributed by atoms with Gasteiger partial charge in [-0.05, 0) is 49.2 Å². The van der Waals surface area contributed by atoms with Crippen molar-refractivity contribution < 1.29 is 23.9 Å². The lowest BCUT2D eigenvalue weighted by Gasteiger charge is -2.30. The number of rotatable bonds is 6. The molecular formula is C23H25N3O5. The molecule has 1 aliphatic rings. The molecule has 1 aliphatic heterocycles. The molecule has 1 fully saturated rings. The van der Waals surface area contributed by atoms with Crippen molar-refractivity contribution >= 4 is 24.1 Å². The summed E-state index contributed by atoms with van der Waals surface area (Å²) in [5, 5.41) is 5.89. The van der Waals surface area contributed by atoms with Gasteiger partial charge in [0.2, 0.25) is 0 Å². The number of carbonyl (C=O) groups excluding carboxylic acids is 3. The second-order valence-corrected chi connectivity index (χ2v) is 7.35. The average Bonchev–Trinajstić information content (AvgIpc) is 3.13. The number of nitrogens with zero attached hydrogens (tertiary/aromatic N) is 3. The zero-order chi connectivity index (χ0) is 22.5. The molecule has 0 radical (unpaired) electrons. The molecule has 8 nitrogen and oxygen atoms in total. The zero-order valence-electron chi connectivity index (χ0n) is 17.9. The molecule has 0 unspecified atom stereocenters. The minimum absolute atomic E-state index is 0.105. The van der Waals surface area contributed by atoms with Crippen LogP contribution in [0.3, 0.4) is 0 Å². The van der Waals surface area contributed by atoms with Gasteiger partial charge in [0.15, 0.2) is 0 Å². The van der Waals surface area contributed by atoms with Gasteiger partial charge in [0.25, 0.3) is 5.91 Å². The Balaban J connectivity index is 1.88. The summed E-state index contributed by atoms with van der Waals surface area (Å²) >= 11 is 0. The Morgan fingerprint density at radius 3 is 1.97 bits per heavy atom. The van der Waals surface area contributed by atoms with E-state index in [1.165, 1.54) is 19.2 Å². The highest BCUT2D eigenvalue weighted by Crippen LogP contribution is 2.33. The van der Waals surface area contributed by atoms with Crippen molar-refractivity contribution in [3.63, 3.8) is 0 Å². The zero-order valence-corrected chi connectivity index (χ0v) is 17.9. The molecule has 1 atom stereocenters. The van der Waals surface area contributed by atoms with Crippen LogP contribution < -0.4 is 0 Å². The third-order valence-corrected chi connectivity index (χ3v) is 5.08. The number of esters is 2. The fourth-order valence-corrected chi connectivity index (χ4v) is 3.38. The van der Waals surface area contributed by atoms with Crippen molar-refractivity contribution in [3.05, 3.63) is 70.8 Å². The molecule has 3 rings (SSSR count). The summed E-state index contributed by atoms with van der Waals surface area (Å²) in [5.74, 6) is -0.959. The van der Waals surface area contributed by atoms with E-state index in [0.717, 1.165) is 11.1 Å². The fourth-order valence-electron chi connectivity index (χ4n) is 3.38. The minimum atomic E-state index is -0.417. The fraction of sp³-hybridized carbons (Fsp3) is 0.304. The molecule has 1 saturated heterocycles. The maximum Gasteiger partial charge on any atom is 0.337 e. The molecule has 0 aliphatic carbocycles. The van der Waals surface area contributed by atoms with Gasteiger partial charge in [-0.15, -0.1) is 0 Å². The Kier molecular flexibility index (Phi) is 6.81. The molecule has 0 N–H and O–H groups in total.